The van der Waals surface area contributed by atoms with Crippen LogP contribution >= 0.6 is 11.3 Å². The van der Waals surface area contributed by atoms with E-state index in [-0.39, 0.29) is 6.04 Å². The van der Waals surface area contributed by atoms with Crippen LogP contribution in [-0.2, 0) is 0 Å². The number of ether oxygens (including phenoxy) is 1. The number of methoxy groups -OCH3 is 1. The van der Waals surface area contributed by atoms with Crippen molar-refractivity contribution in [3.63, 3.8) is 0 Å². The molecule has 2 aromatic heterocycles. The van der Waals surface area contributed by atoms with Crippen molar-refractivity contribution in [1.82, 2.24) is 15.1 Å². The standard InChI is InChI=1S/C15H23N3OS/c1-5-8-16-14(13-7-6-9-20-13)15-12(19-4)10-17-18(15)11(2)3/h6-7,9-11,14,16H,5,8H2,1-4H3. The zero-order valence-electron chi connectivity index (χ0n) is 12.6. The van der Waals surface area contributed by atoms with E-state index in [1.165, 1.54) is 4.88 Å². The van der Waals surface area contributed by atoms with Gasteiger partial charge in [-0.3, -0.25) is 4.68 Å². The SMILES string of the molecule is CCCNC(c1cccs1)c1c(OC)cnn1C(C)C. The van der Waals surface area contributed by atoms with Crippen LogP contribution in [-0.4, -0.2) is 23.4 Å². The molecule has 0 aromatic carbocycles. The number of nitrogens with zero attached hydrogens (tertiary/aromatic N) is 2. The van der Waals surface area contributed by atoms with E-state index in [9.17, 15) is 0 Å². The fourth-order valence-electron chi connectivity index (χ4n) is 2.28. The highest BCUT2D eigenvalue weighted by molar-refractivity contribution is 7.10. The van der Waals surface area contributed by atoms with E-state index in [1.807, 2.05) is 10.9 Å². The molecule has 2 heterocycles. The third-order valence-electron chi connectivity index (χ3n) is 3.21. The van der Waals surface area contributed by atoms with E-state index < -0.39 is 0 Å². The molecule has 0 amide bonds. The van der Waals surface area contributed by atoms with Crippen molar-refractivity contribution in [2.75, 3.05) is 13.7 Å². The monoisotopic (exact) mass is 293 g/mol. The average molecular weight is 293 g/mol. The molecule has 4 nitrogen and oxygen atoms in total. The van der Waals surface area contributed by atoms with E-state index in [0.29, 0.717) is 6.04 Å². The Balaban J connectivity index is 2.44. The van der Waals surface area contributed by atoms with Gasteiger partial charge in [0, 0.05) is 10.9 Å². The molecular weight excluding hydrogens is 270 g/mol. The summed E-state index contributed by atoms with van der Waals surface area (Å²) in [5.41, 5.74) is 1.11. The second-order valence-electron chi connectivity index (χ2n) is 5.04. The highest BCUT2D eigenvalue weighted by Crippen LogP contribution is 2.33. The summed E-state index contributed by atoms with van der Waals surface area (Å²) in [5, 5.41) is 10.2. The normalized spacial score (nSPS) is 12.8. The van der Waals surface area contributed by atoms with Crippen molar-refractivity contribution < 1.29 is 4.74 Å². The van der Waals surface area contributed by atoms with Crippen LogP contribution < -0.4 is 10.1 Å². The zero-order valence-corrected chi connectivity index (χ0v) is 13.4. The molecule has 1 N–H and O–H groups in total. The van der Waals surface area contributed by atoms with Crippen LogP contribution in [0, 0.1) is 0 Å². The third-order valence-corrected chi connectivity index (χ3v) is 4.14. The summed E-state index contributed by atoms with van der Waals surface area (Å²) < 4.78 is 7.56. The minimum absolute atomic E-state index is 0.134. The lowest BCUT2D eigenvalue weighted by Crippen LogP contribution is -2.26. The molecule has 1 unspecified atom stereocenters. The van der Waals surface area contributed by atoms with Crippen molar-refractivity contribution in [3.8, 4) is 5.75 Å². The Bertz CT molecular complexity index is 519. The maximum absolute atomic E-state index is 5.52. The quantitative estimate of drug-likeness (QED) is 0.847. The van der Waals surface area contributed by atoms with E-state index in [0.717, 1.165) is 24.4 Å². The van der Waals surface area contributed by atoms with Crippen LogP contribution in [0.15, 0.2) is 23.7 Å². The molecule has 1 atom stereocenters. The maximum Gasteiger partial charge on any atom is 0.161 e. The van der Waals surface area contributed by atoms with Gasteiger partial charge in [-0.1, -0.05) is 13.0 Å². The molecule has 0 aliphatic rings. The molecule has 0 spiro atoms. The van der Waals surface area contributed by atoms with Gasteiger partial charge in [0.05, 0.1) is 19.3 Å². The van der Waals surface area contributed by atoms with Crippen LogP contribution in [0.5, 0.6) is 5.75 Å². The predicted octanol–water partition coefficient (Wildman–Crippen LogP) is 3.62. The van der Waals surface area contributed by atoms with E-state index in [4.69, 9.17) is 4.74 Å². The zero-order chi connectivity index (χ0) is 14.5. The Morgan fingerprint density at radius 3 is 2.80 bits per heavy atom. The fraction of sp³-hybridized carbons (Fsp3) is 0.533. The molecule has 0 saturated carbocycles. The third kappa shape index (κ3) is 3.04. The van der Waals surface area contributed by atoms with Crippen molar-refractivity contribution >= 4 is 11.3 Å². The maximum atomic E-state index is 5.52. The summed E-state index contributed by atoms with van der Waals surface area (Å²) in [5.74, 6) is 0.848. The molecule has 110 valence electrons. The second kappa shape index (κ2) is 6.90. The molecule has 0 bridgehead atoms. The van der Waals surface area contributed by atoms with Gasteiger partial charge >= 0.3 is 0 Å². The number of hydrogen-bond donors (Lipinski definition) is 1. The molecule has 2 aromatic rings. The van der Waals surface area contributed by atoms with Gasteiger partial charge in [0.1, 0.15) is 5.69 Å². The Morgan fingerprint density at radius 1 is 1.45 bits per heavy atom. The lowest BCUT2D eigenvalue weighted by atomic mass is 10.1. The van der Waals surface area contributed by atoms with Crippen LogP contribution in [0.3, 0.4) is 0 Å². The number of rotatable bonds is 7. The Kier molecular flexibility index (Phi) is 5.20. The topological polar surface area (TPSA) is 39.1 Å². The Hall–Kier alpha value is -1.33. The minimum Gasteiger partial charge on any atom is -0.493 e. The van der Waals surface area contributed by atoms with Gasteiger partial charge in [0.25, 0.3) is 0 Å². The lowest BCUT2D eigenvalue weighted by Gasteiger charge is -2.21. The summed E-state index contributed by atoms with van der Waals surface area (Å²) >= 11 is 1.76. The molecule has 2 rings (SSSR count). The van der Waals surface area contributed by atoms with Gasteiger partial charge in [-0.15, -0.1) is 11.3 Å². The molecule has 0 aliphatic heterocycles. The molecule has 0 aliphatic carbocycles. The number of nitrogens with one attached hydrogen (secondary N) is 1. The number of thiophene rings is 1. The molecule has 20 heavy (non-hydrogen) atoms. The van der Waals surface area contributed by atoms with Crippen molar-refractivity contribution in [1.29, 1.82) is 0 Å². The van der Waals surface area contributed by atoms with Gasteiger partial charge < -0.3 is 10.1 Å². The van der Waals surface area contributed by atoms with E-state index >= 15 is 0 Å². The van der Waals surface area contributed by atoms with Gasteiger partial charge in [-0.05, 0) is 38.3 Å². The molecule has 0 radical (unpaired) electrons. The minimum atomic E-state index is 0.134. The smallest absolute Gasteiger partial charge is 0.161 e. The van der Waals surface area contributed by atoms with Gasteiger partial charge in [-0.2, -0.15) is 5.10 Å². The highest BCUT2D eigenvalue weighted by Gasteiger charge is 2.24. The molecule has 5 heteroatoms. The first-order valence-electron chi connectivity index (χ1n) is 7.07. The highest BCUT2D eigenvalue weighted by atomic mass is 32.1. The van der Waals surface area contributed by atoms with Gasteiger partial charge in [-0.25, -0.2) is 0 Å². The average Bonchev–Trinajstić information content (AvgIpc) is 3.08. The summed E-state index contributed by atoms with van der Waals surface area (Å²) in [6, 6.07) is 4.69. The van der Waals surface area contributed by atoms with Crippen LogP contribution in [0.2, 0.25) is 0 Å². The van der Waals surface area contributed by atoms with E-state index in [1.54, 1.807) is 18.4 Å². The van der Waals surface area contributed by atoms with Crippen molar-refractivity contribution in [2.45, 2.75) is 39.3 Å². The Labute approximate surface area is 124 Å². The fourth-order valence-corrected chi connectivity index (χ4v) is 3.08. The second-order valence-corrected chi connectivity index (χ2v) is 6.02. The first-order chi connectivity index (χ1) is 9.69. The summed E-state index contributed by atoms with van der Waals surface area (Å²) in [7, 11) is 1.70. The van der Waals surface area contributed by atoms with Crippen molar-refractivity contribution in [3.05, 3.63) is 34.3 Å². The summed E-state index contributed by atoms with van der Waals surface area (Å²) in [6.07, 6.45) is 2.91. The van der Waals surface area contributed by atoms with Crippen LogP contribution in [0.4, 0.5) is 0 Å². The molecule has 0 saturated heterocycles. The predicted molar refractivity (Wildman–Crippen MR) is 83.6 cm³/mol. The summed E-state index contributed by atoms with van der Waals surface area (Å²) in [6.45, 7) is 7.42. The van der Waals surface area contributed by atoms with Gasteiger partial charge in [0.2, 0.25) is 0 Å². The molecule has 0 fully saturated rings. The first kappa shape index (κ1) is 15.1. The first-order valence-corrected chi connectivity index (χ1v) is 7.95. The Morgan fingerprint density at radius 2 is 2.25 bits per heavy atom. The van der Waals surface area contributed by atoms with Crippen molar-refractivity contribution in [2.24, 2.45) is 0 Å². The summed E-state index contributed by atoms with van der Waals surface area (Å²) in [4.78, 5) is 1.29. The van der Waals surface area contributed by atoms with Crippen LogP contribution in [0.25, 0.3) is 0 Å². The van der Waals surface area contributed by atoms with Crippen LogP contribution in [0.1, 0.15) is 49.8 Å². The number of hydrogen-bond acceptors (Lipinski definition) is 4. The lowest BCUT2D eigenvalue weighted by molar-refractivity contribution is 0.394. The van der Waals surface area contributed by atoms with E-state index in [2.05, 4.69) is 48.7 Å². The number of aromatic nitrogens is 2. The van der Waals surface area contributed by atoms with Gasteiger partial charge in [0.15, 0.2) is 5.75 Å². The molecular formula is C15H23N3OS. The largest absolute Gasteiger partial charge is 0.493 e.